The van der Waals surface area contributed by atoms with Crippen LogP contribution >= 0.6 is 0 Å². The minimum Gasteiger partial charge on any atom is -0.456 e. The van der Waals surface area contributed by atoms with E-state index in [0.29, 0.717) is 0 Å². The summed E-state index contributed by atoms with van der Waals surface area (Å²) < 4.78 is 8.64. The van der Waals surface area contributed by atoms with E-state index in [1.54, 1.807) is 0 Å². The van der Waals surface area contributed by atoms with Gasteiger partial charge in [0.15, 0.2) is 0 Å². The van der Waals surface area contributed by atoms with E-state index in [1.165, 1.54) is 55.2 Å². The molecule has 0 atom stereocenters. The number of aromatic nitrogens is 1. The second-order valence-corrected chi connectivity index (χ2v) is 16.8. The highest BCUT2D eigenvalue weighted by molar-refractivity contribution is 6.09. The SMILES string of the molecule is c1ccc(C2(c3ccccc3)c3ccccc3-c3c(N(c4ccc(-n5c6ccccc6c6ccccc65)cc4)c4cccc(-c5ccc6oc7ccccc7c6c5)c4)cccc32)cc1. The second-order valence-electron chi connectivity index (χ2n) is 16.8. The maximum atomic E-state index is 6.25. The van der Waals surface area contributed by atoms with E-state index in [1.807, 2.05) is 12.1 Å². The predicted octanol–water partition coefficient (Wildman–Crippen LogP) is 16.2. The van der Waals surface area contributed by atoms with Gasteiger partial charge in [-0.3, -0.25) is 0 Å². The number of para-hydroxylation sites is 3. The first-order valence-electron chi connectivity index (χ1n) is 22.0. The first-order chi connectivity index (χ1) is 31.8. The third-order valence-corrected chi connectivity index (χ3v) is 13.5. The van der Waals surface area contributed by atoms with Crippen LogP contribution in [-0.2, 0) is 5.41 Å². The van der Waals surface area contributed by atoms with Crippen molar-refractivity contribution < 1.29 is 4.42 Å². The Morgan fingerprint density at radius 2 is 0.953 bits per heavy atom. The first-order valence-corrected chi connectivity index (χ1v) is 22.0. The molecule has 0 amide bonds. The van der Waals surface area contributed by atoms with E-state index in [0.717, 1.165) is 55.8 Å². The van der Waals surface area contributed by atoms with Gasteiger partial charge < -0.3 is 13.9 Å². The number of hydrogen-bond donors (Lipinski definition) is 0. The number of benzene rings is 10. The largest absolute Gasteiger partial charge is 0.456 e. The molecule has 12 aromatic rings. The summed E-state index contributed by atoms with van der Waals surface area (Å²) in [5, 5.41) is 4.74. The molecule has 13 rings (SSSR count). The highest BCUT2D eigenvalue weighted by atomic mass is 16.3. The van der Waals surface area contributed by atoms with E-state index < -0.39 is 5.41 Å². The minimum absolute atomic E-state index is 0.527. The Morgan fingerprint density at radius 3 is 1.69 bits per heavy atom. The van der Waals surface area contributed by atoms with Gasteiger partial charge in [0.05, 0.1) is 22.1 Å². The fraction of sp³-hybridized carbons (Fsp3) is 0.0164. The van der Waals surface area contributed by atoms with E-state index in [4.69, 9.17) is 4.42 Å². The number of fused-ring (bicyclic) bond motifs is 9. The van der Waals surface area contributed by atoms with Crippen LogP contribution in [0, 0.1) is 0 Å². The lowest BCUT2D eigenvalue weighted by Gasteiger charge is -2.34. The minimum atomic E-state index is -0.527. The van der Waals surface area contributed by atoms with Crippen molar-refractivity contribution in [2.24, 2.45) is 0 Å². The lowest BCUT2D eigenvalue weighted by atomic mass is 9.68. The van der Waals surface area contributed by atoms with Crippen molar-refractivity contribution >= 4 is 60.8 Å². The van der Waals surface area contributed by atoms with Crippen molar-refractivity contribution in [3.8, 4) is 27.9 Å². The van der Waals surface area contributed by atoms with Crippen molar-refractivity contribution in [2.45, 2.75) is 5.41 Å². The Morgan fingerprint density at radius 1 is 0.375 bits per heavy atom. The standard InChI is InChI=1S/C61H40N2O/c1-3-18-43(19-4-1)61(44-20-5-2-6-21-44)53-27-11-7-26-51(53)60-54(61)28-16-31-57(60)62(45-34-36-46(37-35-45)63-55-29-12-8-23-48(55)49-24-9-13-30-56(49)63)47-22-15-17-41(39-47)42-33-38-59-52(40-42)50-25-10-14-32-58(50)64-59/h1-40H. The summed E-state index contributed by atoms with van der Waals surface area (Å²) in [5.74, 6) is 0. The number of rotatable bonds is 7. The average molecular weight is 817 g/mol. The Bertz CT molecular complexity index is 3640. The fourth-order valence-electron chi connectivity index (χ4n) is 10.8. The van der Waals surface area contributed by atoms with Gasteiger partial charge >= 0.3 is 0 Å². The van der Waals surface area contributed by atoms with Crippen LogP contribution in [0.5, 0.6) is 0 Å². The summed E-state index contributed by atoms with van der Waals surface area (Å²) >= 11 is 0. The number of anilines is 3. The lowest BCUT2D eigenvalue weighted by Crippen LogP contribution is -2.28. The van der Waals surface area contributed by atoms with Crippen molar-refractivity contribution in [1.82, 2.24) is 4.57 Å². The van der Waals surface area contributed by atoms with Gasteiger partial charge in [-0.1, -0.05) is 170 Å². The van der Waals surface area contributed by atoms with Gasteiger partial charge in [-0.2, -0.15) is 0 Å². The Kier molecular flexibility index (Phi) is 8.13. The normalized spacial score (nSPS) is 12.8. The van der Waals surface area contributed by atoms with Crippen LogP contribution < -0.4 is 4.90 Å². The Labute approximate surface area is 371 Å². The highest BCUT2D eigenvalue weighted by Crippen LogP contribution is 2.59. The van der Waals surface area contributed by atoms with Crippen LogP contribution in [0.15, 0.2) is 247 Å². The van der Waals surface area contributed by atoms with Crippen LogP contribution in [-0.4, -0.2) is 4.57 Å². The van der Waals surface area contributed by atoms with Gasteiger partial charge in [0.2, 0.25) is 0 Å². The van der Waals surface area contributed by atoms with Crippen molar-refractivity contribution in [3.63, 3.8) is 0 Å². The van der Waals surface area contributed by atoms with Crippen LogP contribution in [0.1, 0.15) is 22.3 Å². The first kappa shape index (κ1) is 36.3. The molecule has 300 valence electrons. The number of nitrogens with zero attached hydrogens (tertiary/aromatic N) is 2. The molecule has 0 unspecified atom stereocenters. The molecule has 0 saturated heterocycles. The quantitative estimate of drug-likeness (QED) is 0.160. The summed E-state index contributed by atoms with van der Waals surface area (Å²) in [5.41, 5.74) is 17.8. The molecule has 1 aliphatic rings. The van der Waals surface area contributed by atoms with Crippen LogP contribution in [0.3, 0.4) is 0 Å². The van der Waals surface area contributed by atoms with Crippen LogP contribution in [0.2, 0.25) is 0 Å². The lowest BCUT2D eigenvalue weighted by molar-refractivity contribution is 0.669. The molecule has 0 spiro atoms. The van der Waals surface area contributed by atoms with Gasteiger partial charge in [0.1, 0.15) is 11.2 Å². The third-order valence-electron chi connectivity index (χ3n) is 13.5. The Balaban J connectivity index is 1.05. The molecule has 2 heterocycles. The second kappa shape index (κ2) is 14.3. The zero-order valence-corrected chi connectivity index (χ0v) is 34.9. The van der Waals surface area contributed by atoms with Gasteiger partial charge in [0, 0.05) is 44.2 Å². The molecular formula is C61H40N2O. The van der Waals surface area contributed by atoms with Gasteiger partial charge in [-0.25, -0.2) is 0 Å². The monoisotopic (exact) mass is 816 g/mol. The molecular weight excluding hydrogens is 777 g/mol. The third kappa shape index (κ3) is 5.34. The molecule has 64 heavy (non-hydrogen) atoms. The maximum absolute atomic E-state index is 6.25. The molecule has 0 fully saturated rings. The molecule has 1 aliphatic carbocycles. The van der Waals surface area contributed by atoms with E-state index in [2.05, 4.69) is 240 Å². The fourth-order valence-corrected chi connectivity index (χ4v) is 10.8. The Hall–Kier alpha value is -8.40. The molecule has 10 aromatic carbocycles. The molecule has 0 N–H and O–H groups in total. The summed E-state index contributed by atoms with van der Waals surface area (Å²) in [7, 11) is 0. The van der Waals surface area contributed by atoms with Crippen LogP contribution in [0.4, 0.5) is 17.1 Å². The smallest absolute Gasteiger partial charge is 0.135 e. The summed E-state index contributed by atoms with van der Waals surface area (Å²) in [6.07, 6.45) is 0. The molecule has 2 aromatic heterocycles. The molecule has 0 bridgehead atoms. The molecule has 0 aliphatic heterocycles. The maximum Gasteiger partial charge on any atom is 0.135 e. The zero-order valence-electron chi connectivity index (χ0n) is 34.9. The molecule has 0 saturated carbocycles. The summed E-state index contributed by atoms with van der Waals surface area (Å²) in [6, 6.07) is 88.4. The van der Waals surface area contributed by atoms with E-state index in [9.17, 15) is 0 Å². The topological polar surface area (TPSA) is 21.3 Å². The summed E-state index contributed by atoms with van der Waals surface area (Å²) in [6.45, 7) is 0. The molecule has 3 nitrogen and oxygen atoms in total. The number of hydrogen-bond acceptors (Lipinski definition) is 2. The molecule has 0 radical (unpaired) electrons. The van der Waals surface area contributed by atoms with E-state index in [-0.39, 0.29) is 0 Å². The van der Waals surface area contributed by atoms with Crippen molar-refractivity contribution in [2.75, 3.05) is 4.90 Å². The average Bonchev–Trinajstić information content (AvgIpc) is 4.02. The van der Waals surface area contributed by atoms with Gasteiger partial charge in [-0.05, 0) is 112 Å². The van der Waals surface area contributed by atoms with E-state index >= 15 is 0 Å². The highest BCUT2D eigenvalue weighted by Gasteiger charge is 2.47. The van der Waals surface area contributed by atoms with Gasteiger partial charge in [0.25, 0.3) is 0 Å². The van der Waals surface area contributed by atoms with Gasteiger partial charge in [-0.15, -0.1) is 0 Å². The van der Waals surface area contributed by atoms with Crippen LogP contribution in [0.25, 0.3) is 71.7 Å². The van der Waals surface area contributed by atoms with Crippen molar-refractivity contribution in [1.29, 1.82) is 0 Å². The zero-order chi connectivity index (χ0) is 42.2. The molecule has 3 heteroatoms. The summed E-state index contributed by atoms with van der Waals surface area (Å²) in [4.78, 5) is 2.46. The predicted molar refractivity (Wildman–Crippen MR) is 265 cm³/mol. The van der Waals surface area contributed by atoms with Crippen molar-refractivity contribution in [3.05, 3.63) is 265 Å². The number of furan rings is 1.